The first kappa shape index (κ1) is 12.5. The van der Waals surface area contributed by atoms with E-state index in [9.17, 15) is 4.79 Å². The Morgan fingerprint density at radius 2 is 2.11 bits per heavy atom. The third-order valence-corrected chi connectivity index (χ3v) is 4.06. The highest BCUT2D eigenvalue weighted by Crippen LogP contribution is 2.45. The molecule has 3 rings (SSSR count). The number of fused-ring (bicyclic) bond motifs is 1. The van der Waals surface area contributed by atoms with E-state index in [2.05, 4.69) is 11.9 Å². The van der Waals surface area contributed by atoms with E-state index in [1.54, 1.807) is 6.92 Å². The quantitative estimate of drug-likeness (QED) is 0.930. The lowest BCUT2D eigenvalue weighted by molar-refractivity contribution is 0.248. The van der Waals surface area contributed by atoms with Gasteiger partial charge in [-0.05, 0) is 31.9 Å². The van der Waals surface area contributed by atoms with Crippen molar-refractivity contribution in [3.8, 4) is 5.75 Å². The molecule has 4 heteroatoms. The van der Waals surface area contributed by atoms with Crippen molar-refractivity contribution in [3.63, 3.8) is 0 Å². The summed E-state index contributed by atoms with van der Waals surface area (Å²) in [6.07, 6.45) is 2.41. The van der Waals surface area contributed by atoms with Gasteiger partial charge in [-0.2, -0.15) is 0 Å². The van der Waals surface area contributed by atoms with Crippen LogP contribution >= 0.6 is 11.6 Å². The predicted molar refractivity (Wildman–Crippen MR) is 77.2 cm³/mol. The number of aryl methyl sites for hydroxylation is 1. The zero-order valence-corrected chi connectivity index (χ0v) is 11.8. The van der Waals surface area contributed by atoms with E-state index in [0.29, 0.717) is 28.4 Å². The number of rotatable bonds is 3. The minimum absolute atomic E-state index is 0.0741. The number of benzene rings is 1. The monoisotopic (exact) mass is 277 g/mol. The fraction of sp³-hybridized carbons (Fsp3) is 0.400. The lowest BCUT2D eigenvalue weighted by Crippen LogP contribution is -2.10. The van der Waals surface area contributed by atoms with Crippen LogP contribution in [0.25, 0.3) is 10.9 Å². The van der Waals surface area contributed by atoms with Gasteiger partial charge in [-0.3, -0.25) is 4.79 Å². The van der Waals surface area contributed by atoms with Crippen LogP contribution in [0.15, 0.2) is 23.0 Å². The molecular weight excluding hydrogens is 262 g/mol. The number of hydrogen-bond donors (Lipinski definition) is 1. The van der Waals surface area contributed by atoms with E-state index in [1.807, 2.05) is 18.2 Å². The molecule has 1 fully saturated rings. The molecule has 1 aromatic carbocycles. The largest absolute Gasteiger partial charge is 0.491 e. The van der Waals surface area contributed by atoms with Gasteiger partial charge in [-0.25, -0.2) is 0 Å². The second kappa shape index (κ2) is 4.27. The van der Waals surface area contributed by atoms with Crippen molar-refractivity contribution in [2.45, 2.75) is 26.7 Å². The Bertz CT molecular complexity index is 701. The zero-order chi connectivity index (χ0) is 13.6. The van der Waals surface area contributed by atoms with Crippen molar-refractivity contribution in [2.24, 2.45) is 5.41 Å². The molecule has 1 saturated carbocycles. The van der Waals surface area contributed by atoms with E-state index in [-0.39, 0.29) is 5.56 Å². The van der Waals surface area contributed by atoms with Crippen molar-refractivity contribution in [1.82, 2.24) is 4.98 Å². The third kappa shape index (κ3) is 2.47. The molecule has 0 saturated heterocycles. The summed E-state index contributed by atoms with van der Waals surface area (Å²) in [6.45, 7) is 4.66. The standard InChI is InChI=1S/C15H16ClNO2/c1-9-5-10-6-11(16)13(7-12(10)17-14(9)18)19-8-15(2)3-4-15/h5-7H,3-4,8H2,1-2H3,(H,17,18). The Labute approximate surface area is 116 Å². The van der Waals surface area contributed by atoms with Gasteiger partial charge in [0.05, 0.1) is 17.1 Å². The van der Waals surface area contributed by atoms with Gasteiger partial charge >= 0.3 is 0 Å². The van der Waals surface area contributed by atoms with Crippen LogP contribution < -0.4 is 10.3 Å². The van der Waals surface area contributed by atoms with Gasteiger partial charge < -0.3 is 9.72 Å². The van der Waals surface area contributed by atoms with E-state index in [4.69, 9.17) is 16.3 Å². The topological polar surface area (TPSA) is 42.1 Å². The summed E-state index contributed by atoms with van der Waals surface area (Å²) >= 11 is 6.23. The number of aromatic amines is 1. The number of H-pyrrole nitrogens is 1. The highest BCUT2D eigenvalue weighted by atomic mass is 35.5. The van der Waals surface area contributed by atoms with Crippen LogP contribution in [0.1, 0.15) is 25.3 Å². The molecule has 0 atom stereocenters. The van der Waals surface area contributed by atoms with Crippen molar-refractivity contribution in [3.05, 3.63) is 39.1 Å². The van der Waals surface area contributed by atoms with Gasteiger partial charge in [0.15, 0.2) is 0 Å². The van der Waals surface area contributed by atoms with Crippen LogP contribution in [-0.4, -0.2) is 11.6 Å². The second-order valence-corrected chi connectivity index (χ2v) is 6.16. The highest BCUT2D eigenvalue weighted by Gasteiger charge is 2.38. The van der Waals surface area contributed by atoms with Gasteiger partial charge in [0, 0.05) is 22.4 Å². The first-order valence-electron chi connectivity index (χ1n) is 6.43. The lowest BCUT2D eigenvalue weighted by atomic mass is 10.1. The first-order chi connectivity index (χ1) is 8.97. The second-order valence-electron chi connectivity index (χ2n) is 5.75. The number of halogens is 1. The summed E-state index contributed by atoms with van der Waals surface area (Å²) in [5.41, 5.74) is 1.67. The van der Waals surface area contributed by atoms with Gasteiger partial charge in [0.2, 0.25) is 0 Å². The van der Waals surface area contributed by atoms with E-state index >= 15 is 0 Å². The fourth-order valence-electron chi connectivity index (χ4n) is 2.04. The predicted octanol–water partition coefficient (Wildman–Crippen LogP) is 3.67. The van der Waals surface area contributed by atoms with Crippen LogP contribution in [0.4, 0.5) is 0 Å². The molecule has 0 amide bonds. The van der Waals surface area contributed by atoms with Crippen molar-refractivity contribution in [1.29, 1.82) is 0 Å². The molecule has 100 valence electrons. The van der Waals surface area contributed by atoms with Crippen LogP contribution in [0.3, 0.4) is 0 Å². The molecule has 0 spiro atoms. The minimum atomic E-state index is -0.0741. The Morgan fingerprint density at radius 1 is 1.37 bits per heavy atom. The average Bonchev–Trinajstić information content (AvgIpc) is 3.08. The molecule has 1 aliphatic rings. The summed E-state index contributed by atoms with van der Waals surface area (Å²) < 4.78 is 5.79. The number of nitrogens with one attached hydrogen (secondary N) is 1. The molecule has 1 aromatic heterocycles. The molecule has 1 N–H and O–H groups in total. The molecule has 0 bridgehead atoms. The highest BCUT2D eigenvalue weighted by molar-refractivity contribution is 6.32. The summed E-state index contributed by atoms with van der Waals surface area (Å²) in [7, 11) is 0. The number of aromatic nitrogens is 1. The van der Waals surface area contributed by atoms with Gasteiger partial charge in [-0.15, -0.1) is 0 Å². The number of ether oxygens (including phenoxy) is 1. The smallest absolute Gasteiger partial charge is 0.251 e. The average molecular weight is 278 g/mol. The Morgan fingerprint density at radius 3 is 2.79 bits per heavy atom. The Hall–Kier alpha value is -1.48. The molecule has 1 aliphatic carbocycles. The summed E-state index contributed by atoms with van der Waals surface area (Å²) in [4.78, 5) is 14.5. The molecule has 2 aromatic rings. The molecular formula is C15H16ClNO2. The normalized spacial score (nSPS) is 16.6. The summed E-state index contributed by atoms with van der Waals surface area (Å²) in [6, 6.07) is 5.49. The SMILES string of the molecule is Cc1cc2cc(Cl)c(OCC3(C)CC3)cc2[nH]c1=O. The van der Waals surface area contributed by atoms with Crippen LogP contribution in [0.5, 0.6) is 5.75 Å². The van der Waals surface area contributed by atoms with E-state index < -0.39 is 0 Å². The maximum absolute atomic E-state index is 11.6. The molecule has 19 heavy (non-hydrogen) atoms. The minimum Gasteiger partial charge on any atom is -0.491 e. The van der Waals surface area contributed by atoms with Gasteiger partial charge in [0.1, 0.15) is 5.75 Å². The maximum atomic E-state index is 11.6. The third-order valence-electron chi connectivity index (χ3n) is 3.76. The molecule has 0 unspecified atom stereocenters. The maximum Gasteiger partial charge on any atom is 0.251 e. The molecule has 0 aliphatic heterocycles. The Kier molecular flexibility index (Phi) is 2.82. The molecule has 3 nitrogen and oxygen atoms in total. The lowest BCUT2D eigenvalue weighted by Gasteiger charge is -2.13. The van der Waals surface area contributed by atoms with Gasteiger partial charge in [0.25, 0.3) is 5.56 Å². The zero-order valence-electron chi connectivity index (χ0n) is 11.0. The fourth-order valence-corrected chi connectivity index (χ4v) is 2.26. The van der Waals surface area contributed by atoms with Crippen LogP contribution in [0, 0.1) is 12.3 Å². The van der Waals surface area contributed by atoms with Crippen LogP contribution in [-0.2, 0) is 0 Å². The van der Waals surface area contributed by atoms with E-state index in [0.717, 1.165) is 10.9 Å². The van der Waals surface area contributed by atoms with Crippen molar-refractivity contribution >= 4 is 22.5 Å². The number of pyridine rings is 1. The molecule has 1 heterocycles. The summed E-state index contributed by atoms with van der Waals surface area (Å²) in [5.74, 6) is 0.641. The van der Waals surface area contributed by atoms with E-state index in [1.165, 1.54) is 12.8 Å². The Balaban J connectivity index is 1.98. The molecule has 0 radical (unpaired) electrons. The van der Waals surface area contributed by atoms with Crippen molar-refractivity contribution < 1.29 is 4.74 Å². The number of hydrogen-bond acceptors (Lipinski definition) is 2. The van der Waals surface area contributed by atoms with Crippen LogP contribution in [0.2, 0.25) is 5.02 Å². The van der Waals surface area contributed by atoms with Gasteiger partial charge in [-0.1, -0.05) is 18.5 Å². The van der Waals surface area contributed by atoms with Crippen molar-refractivity contribution in [2.75, 3.05) is 6.61 Å². The first-order valence-corrected chi connectivity index (χ1v) is 6.81. The summed E-state index contributed by atoms with van der Waals surface area (Å²) in [5, 5.41) is 1.51.